The zero-order chi connectivity index (χ0) is 22.4. The average Bonchev–Trinajstić information content (AvgIpc) is 3.24. The fourth-order valence-electron chi connectivity index (χ4n) is 3.89. The van der Waals surface area contributed by atoms with Crippen LogP contribution in [0, 0.1) is 11.7 Å². The average molecular weight is 430 g/mol. The van der Waals surface area contributed by atoms with E-state index in [4.69, 9.17) is 14.2 Å². The number of ether oxygens (including phenoxy) is 3. The van der Waals surface area contributed by atoms with Gasteiger partial charge in [-0.15, -0.1) is 0 Å². The first-order valence-corrected chi connectivity index (χ1v) is 10.0. The van der Waals surface area contributed by atoms with E-state index in [1.807, 2.05) is 6.07 Å². The fourth-order valence-corrected chi connectivity index (χ4v) is 3.89. The monoisotopic (exact) mass is 430 g/mol. The number of nitrogens with zero attached hydrogens (tertiary/aromatic N) is 1. The molecule has 1 heterocycles. The highest BCUT2D eigenvalue weighted by Gasteiger charge is 2.42. The number of hydrogen-bond acceptors (Lipinski definition) is 5. The highest BCUT2D eigenvalue weighted by atomic mass is 19.1. The lowest BCUT2D eigenvalue weighted by atomic mass is 9.87. The molecule has 166 valence electrons. The van der Waals surface area contributed by atoms with Gasteiger partial charge in [-0.3, -0.25) is 9.59 Å². The lowest BCUT2D eigenvalue weighted by Crippen LogP contribution is -2.37. The number of amides is 2. The third-order valence-electron chi connectivity index (χ3n) is 5.49. The molecule has 8 heteroatoms. The Kier molecular flexibility index (Phi) is 7.46. The van der Waals surface area contributed by atoms with Crippen molar-refractivity contribution in [3.05, 3.63) is 59.4 Å². The van der Waals surface area contributed by atoms with Crippen molar-refractivity contribution in [2.45, 2.75) is 5.92 Å². The molecule has 1 aliphatic heterocycles. The summed E-state index contributed by atoms with van der Waals surface area (Å²) in [7, 11) is 4.67. The number of rotatable bonds is 8. The van der Waals surface area contributed by atoms with Crippen LogP contribution in [0.2, 0.25) is 0 Å². The number of hydrogen-bond donors (Lipinski definition) is 1. The minimum atomic E-state index is -0.587. The van der Waals surface area contributed by atoms with Crippen LogP contribution in [0.1, 0.15) is 21.8 Å². The van der Waals surface area contributed by atoms with Crippen LogP contribution in [0.3, 0.4) is 0 Å². The van der Waals surface area contributed by atoms with Gasteiger partial charge in [0.05, 0.1) is 32.3 Å². The van der Waals surface area contributed by atoms with Crippen LogP contribution in [0.4, 0.5) is 4.39 Å². The number of nitrogens with one attached hydrogen (secondary N) is 1. The topological polar surface area (TPSA) is 77.1 Å². The van der Waals surface area contributed by atoms with E-state index < -0.39 is 17.6 Å². The summed E-state index contributed by atoms with van der Waals surface area (Å²) in [5.41, 5.74) is 0.747. The Bertz CT molecular complexity index is 936. The number of methoxy groups -OCH3 is 3. The Morgan fingerprint density at radius 3 is 2.55 bits per heavy atom. The van der Waals surface area contributed by atoms with Crippen molar-refractivity contribution < 1.29 is 28.2 Å². The number of halogens is 1. The van der Waals surface area contributed by atoms with Crippen LogP contribution in [-0.2, 0) is 9.53 Å². The number of carbonyl (C=O) groups is 2. The first-order chi connectivity index (χ1) is 15.0. The molecule has 1 fully saturated rings. The summed E-state index contributed by atoms with van der Waals surface area (Å²) in [4.78, 5) is 27.5. The van der Waals surface area contributed by atoms with Crippen LogP contribution in [-0.4, -0.2) is 64.3 Å². The Morgan fingerprint density at radius 1 is 1.10 bits per heavy atom. The van der Waals surface area contributed by atoms with Gasteiger partial charge in [-0.25, -0.2) is 4.39 Å². The van der Waals surface area contributed by atoms with Gasteiger partial charge in [0.15, 0.2) is 0 Å². The molecule has 0 radical (unpaired) electrons. The smallest absolute Gasteiger partial charge is 0.256 e. The minimum absolute atomic E-state index is 0.0145. The van der Waals surface area contributed by atoms with Gasteiger partial charge in [0, 0.05) is 38.2 Å². The number of carbonyl (C=O) groups excluding carboxylic acids is 2. The molecule has 2 aromatic rings. The van der Waals surface area contributed by atoms with Gasteiger partial charge in [0.1, 0.15) is 17.3 Å². The summed E-state index contributed by atoms with van der Waals surface area (Å²) in [6.45, 7) is 1.15. The van der Waals surface area contributed by atoms with Crippen molar-refractivity contribution in [2.24, 2.45) is 5.92 Å². The van der Waals surface area contributed by atoms with Crippen LogP contribution >= 0.6 is 0 Å². The van der Waals surface area contributed by atoms with Crippen LogP contribution in [0.25, 0.3) is 0 Å². The van der Waals surface area contributed by atoms with E-state index in [-0.39, 0.29) is 30.5 Å². The zero-order valence-corrected chi connectivity index (χ0v) is 17.9. The molecule has 3 rings (SSSR count). The first kappa shape index (κ1) is 22.6. The maximum absolute atomic E-state index is 14.2. The van der Waals surface area contributed by atoms with Gasteiger partial charge in [0.25, 0.3) is 5.91 Å². The quantitative estimate of drug-likeness (QED) is 0.651. The summed E-state index contributed by atoms with van der Waals surface area (Å²) in [5.74, 6) is -0.894. The van der Waals surface area contributed by atoms with Gasteiger partial charge in [0.2, 0.25) is 5.91 Å². The highest BCUT2D eigenvalue weighted by Crippen LogP contribution is 2.40. The molecule has 0 spiro atoms. The zero-order valence-electron chi connectivity index (χ0n) is 17.9. The molecule has 2 atom stereocenters. The Labute approximate surface area is 181 Å². The second-order valence-corrected chi connectivity index (χ2v) is 7.29. The molecule has 1 N–H and O–H groups in total. The largest absolute Gasteiger partial charge is 0.497 e. The third kappa shape index (κ3) is 4.96. The van der Waals surface area contributed by atoms with Gasteiger partial charge in [-0.2, -0.15) is 0 Å². The molecule has 31 heavy (non-hydrogen) atoms. The molecular weight excluding hydrogens is 403 g/mol. The summed E-state index contributed by atoms with van der Waals surface area (Å²) in [6.07, 6.45) is 0. The second kappa shape index (κ2) is 10.3. The normalized spacial score (nSPS) is 18.0. The van der Waals surface area contributed by atoms with E-state index in [2.05, 4.69) is 5.32 Å². The summed E-state index contributed by atoms with van der Waals surface area (Å²) in [5, 5.41) is 2.85. The molecule has 0 bridgehead atoms. The lowest BCUT2D eigenvalue weighted by Gasteiger charge is -2.21. The molecule has 2 amide bonds. The Morgan fingerprint density at radius 2 is 1.87 bits per heavy atom. The van der Waals surface area contributed by atoms with Crippen molar-refractivity contribution in [2.75, 3.05) is 47.6 Å². The molecule has 7 nitrogen and oxygen atoms in total. The van der Waals surface area contributed by atoms with E-state index in [9.17, 15) is 14.0 Å². The number of benzene rings is 2. The van der Waals surface area contributed by atoms with Gasteiger partial charge in [-0.1, -0.05) is 12.1 Å². The van der Waals surface area contributed by atoms with Crippen LogP contribution in [0.15, 0.2) is 42.5 Å². The van der Waals surface area contributed by atoms with E-state index in [1.165, 1.54) is 23.1 Å². The first-order valence-electron chi connectivity index (χ1n) is 10.0. The maximum atomic E-state index is 14.2. The SMILES string of the molecule is COCCNC(=O)[C@@H]1CN(C(=O)c2ccccc2F)C[C@H]1c1cc(OC)ccc1OC. The Hall–Kier alpha value is -3.13. The van der Waals surface area contributed by atoms with E-state index in [1.54, 1.807) is 39.5 Å². The molecule has 2 aromatic carbocycles. The molecule has 0 saturated carbocycles. The fraction of sp³-hybridized carbons (Fsp3) is 0.391. The molecule has 1 aliphatic rings. The van der Waals surface area contributed by atoms with Crippen molar-refractivity contribution in [1.82, 2.24) is 10.2 Å². The second-order valence-electron chi connectivity index (χ2n) is 7.29. The summed E-state index contributed by atoms with van der Waals surface area (Å²) < 4.78 is 30.1. The minimum Gasteiger partial charge on any atom is -0.497 e. The lowest BCUT2D eigenvalue weighted by molar-refractivity contribution is -0.125. The predicted octanol–water partition coefficient (Wildman–Crippen LogP) is 2.46. The van der Waals surface area contributed by atoms with Crippen molar-refractivity contribution in [3.8, 4) is 11.5 Å². The highest BCUT2D eigenvalue weighted by molar-refractivity contribution is 5.95. The number of likely N-dealkylation sites (tertiary alicyclic amines) is 1. The van der Waals surface area contributed by atoms with E-state index in [0.717, 1.165) is 5.56 Å². The van der Waals surface area contributed by atoms with Gasteiger partial charge in [-0.05, 0) is 30.3 Å². The maximum Gasteiger partial charge on any atom is 0.256 e. The third-order valence-corrected chi connectivity index (χ3v) is 5.49. The molecule has 1 saturated heterocycles. The van der Waals surface area contributed by atoms with Crippen molar-refractivity contribution >= 4 is 11.8 Å². The van der Waals surface area contributed by atoms with E-state index >= 15 is 0 Å². The molecule has 0 unspecified atom stereocenters. The standard InChI is InChI=1S/C23H27FN2O5/c1-29-11-10-25-22(27)19-14-26(23(28)16-6-4-5-7-20(16)24)13-18(19)17-12-15(30-2)8-9-21(17)31-3/h4-9,12,18-19H,10-11,13-14H2,1-3H3,(H,25,27)/t18-,19+/m0/s1. The van der Waals surface area contributed by atoms with Gasteiger partial charge < -0.3 is 24.4 Å². The van der Waals surface area contributed by atoms with E-state index in [0.29, 0.717) is 24.7 Å². The van der Waals surface area contributed by atoms with Crippen LogP contribution in [0.5, 0.6) is 11.5 Å². The van der Waals surface area contributed by atoms with Crippen LogP contribution < -0.4 is 14.8 Å². The molecule has 0 aromatic heterocycles. The van der Waals surface area contributed by atoms with Crippen molar-refractivity contribution in [1.29, 1.82) is 0 Å². The summed E-state index contributed by atoms with van der Waals surface area (Å²) >= 11 is 0. The summed E-state index contributed by atoms with van der Waals surface area (Å²) in [6, 6.07) is 11.2. The van der Waals surface area contributed by atoms with Crippen molar-refractivity contribution in [3.63, 3.8) is 0 Å². The Balaban J connectivity index is 1.94. The van der Waals surface area contributed by atoms with Gasteiger partial charge >= 0.3 is 0 Å². The molecule has 0 aliphatic carbocycles. The molecular formula is C23H27FN2O5. The predicted molar refractivity (Wildman–Crippen MR) is 113 cm³/mol.